The largest absolute Gasteiger partial charge is 0.345 e. The Morgan fingerprint density at radius 3 is 2.14 bits per heavy atom. The van der Waals surface area contributed by atoms with E-state index in [2.05, 4.69) is 5.32 Å². The normalized spacial score (nSPS) is 9.14. The van der Waals surface area contributed by atoms with E-state index in [1.807, 2.05) is 13.8 Å². The Labute approximate surface area is 56.8 Å². The molecule has 0 saturated carbocycles. The molecule has 0 aliphatic carbocycles. The Hall–Kier alpha value is 0.200. The van der Waals surface area contributed by atoms with Gasteiger partial charge in [0, 0.05) is 28.6 Å². The highest BCUT2D eigenvalue weighted by atomic mass is 127. The Morgan fingerprint density at radius 2 is 2.14 bits per heavy atom. The summed E-state index contributed by atoms with van der Waals surface area (Å²) < 4.78 is 0.00704. The number of halogens is 1. The van der Waals surface area contributed by atoms with Crippen LogP contribution in [-0.2, 0) is 0 Å². The molecule has 0 fully saturated rings. The zero-order valence-corrected chi connectivity index (χ0v) is 6.52. The predicted octanol–water partition coefficient (Wildman–Crippen LogP) is 1.54. The van der Waals surface area contributed by atoms with Gasteiger partial charge in [-0.15, -0.1) is 0 Å². The van der Waals surface area contributed by atoms with Gasteiger partial charge in [0.25, 0.3) is 3.91 Å². The van der Waals surface area contributed by atoms with Crippen molar-refractivity contribution >= 4 is 26.5 Å². The summed E-state index contributed by atoms with van der Waals surface area (Å²) in [7, 11) is 0. The lowest BCUT2D eigenvalue weighted by Gasteiger charge is -2.00. The fraction of sp³-hybridized carbons (Fsp3) is 0.750. The van der Waals surface area contributed by atoms with Gasteiger partial charge in [0.15, 0.2) is 0 Å². The summed E-state index contributed by atoms with van der Waals surface area (Å²) >= 11 is 1.71. The van der Waals surface area contributed by atoms with Gasteiger partial charge in [-0.25, -0.2) is 0 Å². The first kappa shape index (κ1) is 7.20. The molecule has 0 aliphatic rings. The molecule has 1 N–H and O–H groups in total. The zero-order chi connectivity index (χ0) is 5.86. The number of carbonyl (C=O) groups is 1. The van der Waals surface area contributed by atoms with Crippen molar-refractivity contribution in [3.8, 4) is 0 Å². The van der Waals surface area contributed by atoms with Gasteiger partial charge in [0.2, 0.25) is 0 Å². The fourth-order valence-corrected chi connectivity index (χ4v) is 0.850. The van der Waals surface area contributed by atoms with E-state index in [0.717, 1.165) is 0 Å². The number of rotatable bonds is 1. The second-order valence-electron chi connectivity index (χ2n) is 1.57. The fourth-order valence-electron chi connectivity index (χ4n) is 0.227. The van der Waals surface area contributed by atoms with Crippen LogP contribution in [0.25, 0.3) is 0 Å². The Morgan fingerprint density at radius 1 is 1.71 bits per heavy atom. The molecule has 0 atom stereocenters. The second-order valence-corrected chi connectivity index (χ2v) is 2.55. The molecule has 1 amide bonds. The minimum atomic E-state index is 0.00704. The molecule has 0 rings (SSSR count). The van der Waals surface area contributed by atoms with Crippen molar-refractivity contribution in [3.63, 3.8) is 0 Å². The summed E-state index contributed by atoms with van der Waals surface area (Å²) in [4.78, 5) is 10.1. The second kappa shape index (κ2) is 3.23. The summed E-state index contributed by atoms with van der Waals surface area (Å²) in [6.07, 6.45) is 0. The van der Waals surface area contributed by atoms with Crippen LogP contribution in [0.3, 0.4) is 0 Å². The molecule has 0 heterocycles. The minimum Gasteiger partial charge on any atom is -0.345 e. The molecule has 0 aromatic carbocycles. The van der Waals surface area contributed by atoms with Crippen molar-refractivity contribution in [2.75, 3.05) is 0 Å². The number of hydrogen-bond donors (Lipinski definition) is 1. The van der Waals surface area contributed by atoms with Crippen LogP contribution < -0.4 is 5.32 Å². The average molecular weight is 213 g/mol. The molecule has 7 heavy (non-hydrogen) atoms. The van der Waals surface area contributed by atoms with Crippen LogP contribution >= 0.6 is 22.6 Å². The van der Waals surface area contributed by atoms with Crippen molar-refractivity contribution in [1.29, 1.82) is 0 Å². The van der Waals surface area contributed by atoms with E-state index in [-0.39, 0.29) is 9.96 Å². The standard InChI is InChI=1S/C4H8INO/c1-3(2)6-4(5)7/h3H,1-2H3,(H,6,7). The van der Waals surface area contributed by atoms with Crippen molar-refractivity contribution in [3.05, 3.63) is 0 Å². The molecular weight excluding hydrogens is 205 g/mol. The molecule has 3 heteroatoms. The molecule has 42 valence electrons. The maximum absolute atomic E-state index is 10.1. The van der Waals surface area contributed by atoms with Crippen LogP contribution in [0.4, 0.5) is 4.79 Å². The van der Waals surface area contributed by atoms with Gasteiger partial charge in [-0.2, -0.15) is 0 Å². The summed E-state index contributed by atoms with van der Waals surface area (Å²) in [6, 6.07) is 0.268. The minimum absolute atomic E-state index is 0.00704. The SMILES string of the molecule is CC(C)NC(=O)I. The Bertz CT molecular complexity index is 72.1. The lowest BCUT2D eigenvalue weighted by atomic mass is 10.4. The molecule has 0 unspecified atom stereocenters. The van der Waals surface area contributed by atoms with Crippen LogP contribution in [0.15, 0.2) is 0 Å². The van der Waals surface area contributed by atoms with Crippen molar-refractivity contribution in [2.45, 2.75) is 19.9 Å². The van der Waals surface area contributed by atoms with Crippen molar-refractivity contribution in [1.82, 2.24) is 5.32 Å². The first-order chi connectivity index (χ1) is 3.13. The van der Waals surface area contributed by atoms with Crippen LogP contribution in [-0.4, -0.2) is 9.96 Å². The highest BCUT2D eigenvalue weighted by Gasteiger charge is 1.92. The number of nitrogens with one attached hydrogen (secondary N) is 1. The van der Waals surface area contributed by atoms with E-state index in [1.54, 1.807) is 22.6 Å². The summed E-state index contributed by atoms with van der Waals surface area (Å²) in [5.41, 5.74) is 0. The molecule has 0 radical (unpaired) electrons. The molecule has 0 saturated heterocycles. The van der Waals surface area contributed by atoms with E-state index in [0.29, 0.717) is 0 Å². The number of hydrogen-bond acceptors (Lipinski definition) is 1. The first-order valence-electron chi connectivity index (χ1n) is 2.09. The Kier molecular flexibility index (Phi) is 3.33. The van der Waals surface area contributed by atoms with Gasteiger partial charge >= 0.3 is 0 Å². The summed E-state index contributed by atoms with van der Waals surface area (Å²) in [5, 5.41) is 2.65. The van der Waals surface area contributed by atoms with Crippen molar-refractivity contribution in [2.24, 2.45) is 0 Å². The summed E-state index contributed by atoms with van der Waals surface area (Å²) in [5.74, 6) is 0. The predicted molar refractivity (Wildman–Crippen MR) is 37.7 cm³/mol. The molecule has 2 nitrogen and oxygen atoms in total. The number of amides is 1. The highest BCUT2D eigenvalue weighted by molar-refractivity contribution is 14.1. The average Bonchev–Trinajstić information content (AvgIpc) is 1.27. The lowest BCUT2D eigenvalue weighted by Crippen LogP contribution is -2.24. The van der Waals surface area contributed by atoms with E-state index < -0.39 is 0 Å². The van der Waals surface area contributed by atoms with E-state index in [9.17, 15) is 4.79 Å². The van der Waals surface area contributed by atoms with Gasteiger partial charge in [-0.1, -0.05) is 0 Å². The lowest BCUT2D eigenvalue weighted by molar-refractivity contribution is 0.261. The number of carbonyl (C=O) groups excluding carboxylic acids is 1. The third kappa shape index (κ3) is 6.20. The van der Waals surface area contributed by atoms with E-state index >= 15 is 0 Å². The molecule has 0 aromatic heterocycles. The summed E-state index contributed by atoms with van der Waals surface area (Å²) in [6.45, 7) is 3.85. The third-order valence-electron chi connectivity index (χ3n) is 0.402. The zero-order valence-electron chi connectivity index (χ0n) is 4.36. The van der Waals surface area contributed by atoms with Crippen LogP contribution in [0, 0.1) is 0 Å². The van der Waals surface area contributed by atoms with Gasteiger partial charge in [0.05, 0.1) is 0 Å². The molecule has 0 spiro atoms. The maximum Gasteiger partial charge on any atom is 0.280 e. The van der Waals surface area contributed by atoms with Crippen molar-refractivity contribution < 1.29 is 4.79 Å². The molecular formula is C4H8INO. The highest BCUT2D eigenvalue weighted by Crippen LogP contribution is 1.85. The maximum atomic E-state index is 10.1. The molecule has 0 bridgehead atoms. The van der Waals surface area contributed by atoms with Gasteiger partial charge in [-0.3, -0.25) is 4.79 Å². The van der Waals surface area contributed by atoms with Crippen LogP contribution in [0.2, 0.25) is 0 Å². The van der Waals surface area contributed by atoms with Gasteiger partial charge in [-0.05, 0) is 13.8 Å². The van der Waals surface area contributed by atoms with Gasteiger partial charge in [0.1, 0.15) is 0 Å². The molecule has 0 aliphatic heterocycles. The third-order valence-corrected chi connectivity index (χ3v) is 0.714. The van der Waals surface area contributed by atoms with Crippen LogP contribution in [0.5, 0.6) is 0 Å². The Balaban J connectivity index is 3.13. The van der Waals surface area contributed by atoms with E-state index in [4.69, 9.17) is 0 Å². The smallest absolute Gasteiger partial charge is 0.280 e. The molecule has 0 aromatic rings. The first-order valence-corrected chi connectivity index (χ1v) is 3.17. The van der Waals surface area contributed by atoms with E-state index in [1.165, 1.54) is 0 Å². The quantitative estimate of drug-likeness (QED) is 0.399. The van der Waals surface area contributed by atoms with Crippen LogP contribution in [0.1, 0.15) is 13.8 Å². The monoisotopic (exact) mass is 213 g/mol. The topological polar surface area (TPSA) is 29.1 Å². The van der Waals surface area contributed by atoms with Gasteiger partial charge < -0.3 is 5.32 Å².